The van der Waals surface area contributed by atoms with Crippen LogP contribution in [0.25, 0.3) is 66.2 Å². The van der Waals surface area contributed by atoms with E-state index < -0.39 is 42.2 Å². The van der Waals surface area contributed by atoms with Crippen molar-refractivity contribution < 1.29 is 43.4 Å². The van der Waals surface area contributed by atoms with E-state index >= 15 is 0 Å². The Morgan fingerprint density at radius 2 is 0.561 bits per heavy atom. The number of hydrogen-bond donors (Lipinski definition) is 7. The van der Waals surface area contributed by atoms with Crippen LogP contribution in [0, 0.1) is 23.2 Å². The number of aromatic amines is 6. The van der Waals surface area contributed by atoms with Gasteiger partial charge in [-0.1, -0.05) is 295 Å². The maximum atomic E-state index is 13.6. The topological polar surface area (TPSA) is 439 Å². The lowest BCUT2D eigenvalue weighted by Gasteiger charge is -2.30. The first kappa shape index (κ1) is 104. The Bertz CT molecular complexity index is 7810. The normalized spacial score (nSPS) is 15.3. The molecule has 6 atom stereocenters. The second-order valence-electron chi connectivity index (χ2n) is 36.2. The van der Waals surface area contributed by atoms with Crippen LogP contribution in [0.1, 0.15) is 192 Å². The molecule has 37 nitrogen and oxygen atoms in total. The van der Waals surface area contributed by atoms with Crippen molar-refractivity contribution in [3.8, 4) is 0 Å². The van der Waals surface area contributed by atoms with Gasteiger partial charge in [-0.15, -0.1) is 0 Å². The first-order chi connectivity index (χ1) is 72.3. The van der Waals surface area contributed by atoms with Gasteiger partial charge in [0, 0.05) is 33.2 Å². The Morgan fingerprint density at radius 3 is 0.858 bits per heavy atom. The molecule has 760 valence electrons. The quantitative estimate of drug-likeness (QED) is 0.0152. The van der Waals surface area contributed by atoms with Crippen LogP contribution in [0.3, 0.4) is 0 Å². The fourth-order valence-electron chi connectivity index (χ4n) is 18.8. The van der Waals surface area contributed by atoms with Crippen molar-refractivity contribution in [1.82, 2.24) is 133 Å². The number of aliphatic hydroxyl groups excluding tert-OH is 1. The lowest BCUT2D eigenvalue weighted by atomic mass is 9.97. The van der Waals surface area contributed by atoms with Gasteiger partial charge < -0.3 is 47.2 Å². The predicted molar refractivity (Wildman–Crippen MR) is 571 cm³/mol. The third-order valence-corrected chi connectivity index (χ3v) is 28.7. The van der Waals surface area contributed by atoms with Gasteiger partial charge in [0.25, 0.3) is 11.5 Å². The van der Waals surface area contributed by atoms with Gasteiger partial charge in [-0.05, 0) is 110 Å². The monoisotopic (exact) mass is 2080 g/mol. The third-order valence-electron chi connectivity index (χ3n) is 26.5. The van der Waals surface area contributed by atoms with Gasteiger partial charge in [-0.25, -0.2) is 44.6 Å². The van der Waals surface area contributed by atoms with Crippen LogP contribution in [-0.2, 0) is 38.3 Å². The fourth-order valence-corrected chi connectivity index (χ4v) is 20.3. The summed E-state index contributed by atoms with van der Waals surface area (Å²) in [6, 6.07) is 53.6. The molecule has 7 N–H and O–H groups in total. The molecule has 0 radical (unpaired) electrons. The Morgan fingerprint density at radius 1 is 0.331 bits per heavy atom. The van der Waals surface area contributed by atoms with Crippen LogP contribution in [0.5, 0.6) is 0 Å². The van der Waals surface area contributed by atoms with E-state index in [2.05, 4.69) is 97.7 Å². The Kier molecular flexibility index (Phi) is 35.0. The summed E-state index contributed by atoms with van der Waals surface area (Å²) in [5.74, 6) is -0.780. The summed E-state index contributed by atoms with van der Waals surface area (Å²) in [4.78, 5) is 114. The number of H-pyrrole nitrogens is 6. The lowest BCUT2D eigenvalue weighted by molar-refractivity contribution is -0.171. The first-order valence-corrected chi connectivity index (χ1v) is 51.2. The standard InChI is InChI=1S/C20H23N5OS.C19H21N5OS.C19H20N4O3.C19H20N4O2S.C15H15N5O2S.C14H12N4OS/c26-19(24-11-7-2-1-3-8-12-24)17(15-9-5-4-6-10-15)25-14-21-18-16(20(25)27)13-22-23-18;25-18(23-10-6-1-2-7-11-23)16(14-8-4-3-5-9-14)24-13-20-17-15(19(24)26)12-21-22-17;24-18-15-11-21-22-17(15)20-12-23(18)16(13-7-3-1-4-8-13)19(25)26-14-9-5-2-6-10-14;24-19(25-14-9-5-2-6-10-14)16(13-7-3-1-4-8-13)23-12-20-17-15(18(23)26)11-21-22-17;1-19(22-2)14(21)12(10-6-4-3-5-7-10)20-9-16-13-11(15(20)23)8-17-18-13;1-9(19)12(10-5-3-2-4-6-10)18-8-15-13-11(14(18)20)7-16-17-13/h4-6,9-10,13-14,17H,1-3,7-8,11-12H2,(H,22,23);3-5,8-9,12-13,16H,1-2,6-7,10-11H2,(H,21,22);2*1,3-4,7-8,11-12,14,16H,2,5-6,9-10H2,(H,21,22);3-9,12H,1-2H3,(H,17,18);2-8,12,19H,1H2,(H,16,17). The van der Waals surface area contributed by atoms with E-state index in [1.165, 1.54) is 74.2 Å². The SMILES string of the molecule is C=C(O)C(c1ccccc1)n1cnc2[nH]ncc2c1=S.CON(C)C(=O)C(c1ccccc1)n1cnc2[nH]ncc2c1=S.O=C(C(c1ccccc1)n1cnc2[nH]ncc2c1=S)N1CCCCCC1.O=C(C(c1ccccc1)n1cnc2[nH]ncc2c1=S)N1CCCCCCC1.O=C(OC1CCCCC1)C(c1ccccc1)n1cnc2[nH]ncc2c1=O.O=C(OC1CCCCC1)C(c1ccccc1)n1cnc2[nH]ncc2c1=S. The molecule has 148 heavy (non-hydrogen) atoms. The fraction of sp³-hybridized carbons (Fsp3) is 0.311. The summed E-state index contributed by atoms with van der Waals surface area (Å²) in [5.41, 5.74) is 8.23. The summed E-state index contributed by atoms with van der Waals surface area (Å²) < 4.78 is 24.3. The van der Waals surface area contributed by atoms with Crippen molar-refractivity contribution in [3.05, 3.63) is 336 Å². The van der Waals surface area contributed by atoms with Crippen molar-refractivity contribution >= 4 is 157 Å². The molecular weight excluding hydrogens is 1970 g/mol. The molecule has 2 aliphatic carbocycles. The van der Waals surface area contributed by atoms with E-state index in [0.29, 0.717) is 78.8 Å². The molecular formula is C106H111N27O10S5. The maximum absolute atomic E-state index is 13.6. The van der Waals surface area contributed by atoms with E-state index in [9.17, 15) is 33.9 Å². The van der Waals surface area contributed by atoms with Crippen LogP contribution in [0.2, 0.25) is 0 Å². The highest BCUT2D eigenvalue weighted by atomic mass is 32.1. The van der Waals surface area contributed by atoms with E-state index in [0.717, 1.165) is 147 Å². The van der Waals surface area contributed by atoms with Crippen LogP contribution in [-0.4, -0.2) is 221 Å². The molecule has 6 unspecified atom stereocenters. The second-order valence-corrected chi connectivity index (χ2v) is 38.1. The zero-order valence-electron chi connectivity index (χ0n) is 81.4. The average Bonchev–Trinajstić information content (AvgIpc) is 1.35. The highest BCUT2D eigenvalue weighted by molar-refractivity contribution is 7.72. The van der Waals surface area contributed by atoms with E-state index in [1.807, 2.05) is 196 Å². The Labute approximate surface area is 874 Å². The molecule has 0 bridgehead atoms. The van der Waals surface area contributed by atoms with Crippen molar-refractivity contribution in [1.29, 1.82) is 0 Å². The third kappa shape index (κ3) is 24.3. The zero-order valence-corrected chi connectivity index (χ0v) is 85.5. The average molecular weight is 2080 g/mol. The minimum atomic E-state index is -0.863. The van der Waals surface area contributed by atoms with Gasteiger partial charge in [0.2, 0.25) is 11.8 Å². The number of aliphatic hydroxyl groups is 1. The van der Waals surface area contributed by atoms with E-state index in [-0.39, 0.29) is 47.2 Å². The number of nitrogens with zero attached hydrogens (tertiary/aromatic N) is 21. The predicted octanol–water partition coefficient (Wildman–Crippen LogP) is 19.1. The van der Waals surface area contributed by atoms with Crippen LogP contribution < -0.4 is 5.56 Å². The van der Waals surface area contributed by atoms with Crippen molar-refractivity contribution in [2.45, 2.75) is 170 Å². The minimum absolute atomic E-state index is 0.0111. The highest BCUT2D eigenvalue weighted by Gasteiger charge is 2.36. The zero-order chi connectivity index (χ0) is 103. The number of likely N-dealkylation sites (tertiary alicyclic amines) is 2. The summed E-state index contributed by atoms with van der Waals surface area (Å²) in [5, 5.41) is 55.6. The summed E-state index contributed by atoms with van der Waals surface area (Å²) in [6.45, 7) is 6.86. The Balaban J connectivity index is 0.000000121. The molecule has 2 aliphatic heterocycles. The molecule has 18 aromatic rings. The number of aromatic nitrogens is 24. The van der Waals surface area contributed by atoms with E-state index in [1.54, 1.807) is 87.9 Å². The number of fused-ring (bicyclic) bond motifs is 6. The van der Waals surface area contributed by atoms with Gasteiger partial charge in [-0.3, -0.25) is 59.2 Å². The number of carbonyl (C=O) groups excluding carboxylic acids is 5. The number of carbonyl (C=O) groups is 5. The number of likely N-dealkylation sites (N-methyl/N-ethyl adjacent to an activating group) is 1. The summed E-state index contributed by atoms with van der Waals surface area (Å²) >= 11 is 27.9. The number of amides is 3. The highest BCUT2D eigenvalue weighted by Crippen LogP contribution is 2.34. The number of ether oxygens (including phenoxy) is 2. The summed E-state index contributed by atoms with van der Waals surface area (Å²) in [7, 11) is 3.00. The number of allylic oxidation sites excluding steroid dienone is 1. The van der Waals surface area contributed by atoms with Gasteiger partial charge in [0.15, 0.2) is 46.0 Å². The maximum Gasteiger partial charge on any atom is 0.334 e. The van der Waals surface area contributed by atoms with Gasteiger partial charge in [-0.2, -0.15) is 30.6 Å². The minimum Gasteiger partial charge on any atom is -0.510 e. The molecule has 2 saturated heterocycles. The first-order valence-electron chi connectivity index (χ1n) is 49.2. The molecule has 3 amide bonds. The largest absolute Gasteiger partial charge is 0.510 e. The molecule has 42 heteroatoms. The number of hydroxylamine groups is 2. The number of hydrogen-bond acceptors (Lipinski definition) is 27. The molecule has 6 aromatic carbocycles. The van der Waals surface area contributed by atoms with Gasteiger partial charge in [0.1, 0.15) is 77.1 Å². The Hall–Kier alpha value is -15.6. The summed E-state index contributed by atoms with van der Waals surface area (Å²) in [6.07, 6.45) is 39.5. The molecule has 0 spiro atoms. The van der Waals surface area contributed by atoms with Crippen LogP contribution in [0.4, 0.5) is 0 Å². The molecule has 14 heterocycles. The van der Waals surface area contributed by atoms with Crippen LogP contribution >= 0.6 is 61.1 Å². The van der Waals surface area contributed by atoms with Crippen molar-refractivity contribution in [2.75, 3.05) is 40.3 Å². The molecule has 4 fully saturated rings. The molecule has 12 aromatic heterocycles. The lowest BCUT2D eigenvalue weighted by Crippen LogP contribution is -2.40. The second kappa shape index (κ2) is 50.0. The number of nitrogens with one attached hydrogen (secondary N) is 6. The van der Waals surface area contributed by atoms with Crippen molar-refractivity contribution in [3.63, 3.8) is 0 Å². The number of esters is 2. The number of rotatable bonds is 21. The van der Waals surface area contributed by atoms with Gasteiger partial charge in [0.05, 0.1) is 103 Å². The molecule has 22 rings (SSSR count). The van der Waals surface area contributed by atoms with Crippen LogP contribution in [0.15, 0.2) is 274 Å². The van der Waals surface area contributed by atoms with E-state index in [4.69, 9.17) is 75.4 Å². The number of benzene rings is 6. The van der Waals surface area contributed by atoms with Gasteiger partial charge >= 0.3 is 11.9 Å². The molecule has 4 aliphatic rings. The smallest absolute Gasteiger partial charge is 0.334 e. The van der Waals surface area contributed by atoms with Crippen molar-refractivity contribution in [2.24, 2.45) is 0 Å². The molecule has 2 saturated carbocycles.